The molecule has 0 heterocycles. The van der Waals surface area contributed by atoms with E-state index in [1.807, 2.05) is 36.4 Å². The summed E-state index contributed by atoms with van der Waals surface area (Å²) in [5.41, 5.74) is 4.15. The number of phenols is 6. The molecule has 61 heavy (non-hydrogen) atoms. The number of hydrogen-bond acceptors (Lipinski definition) is 12. The second-order valence-corrected chi connectivity index (χ2v) is 12.6. The van der Waals surface area contributed by atoms with Gasteiger partial charge in [-0.15, -0.1) is 0 Å². The monoisotopic (exact) mass is 839 g/mol. The normalized spacial score (nSPS) is 11.2. The number of hydrogen-bond donors (Lipinski definition) is 6. The van der Waals surface area contributed by atoms with Crippen molar-refractivity contribution in [1.82, 2.24) is 0 Å². The van der Waals surface area contributed by atoms with E-state index in [1.54, 1.807) is 146 Å². The van der Waals surface area contributed by atoms with Crippen LogP contribution >= 0.6 is 0 Å². The minimum absolute atomic E-state index is 0. The van der Waals surface area contributed by atoms with E-state index in [4.69, 9.17) is 0 Å². The van der Waals surface area contributed by atoms with Gasteiger partial charge in [-0.2, -0.15) is 0 Å². The summed E-state index contributed by atoms with van der Waals surface area (Å²) in [5.74, 6) is 1.30. The molecule has 12 nitrogen and oxygen atoms in total. The maximum Gasteiger partial charge on any atom is 0.124 e. The molecule has 6 rings (SSSR count). The van der Waals surface area contributed by atoms with Crippen LogP contribution in [0.15, 0.2) is 176 Å². The zero-order chi connectivity index (χ0) is 42.6. The molecular weight excluding hydrogens is 792 g/mol. The molecule has 0 saturated heterocycles. The van der Waals surface area contributed by atoms with Crippen molar-refractivity contribution >= 4 is 37.3 Å². The molecule has 6 aromatic carbocycles. The first-order valence-corrected chi connectivity index (χ1v) is 19.0. The molecule has 314 valence electrons. The lowest BCUT2D eigenvalue weighted by Crippen LogP contribution is -3.00. The Morgan fingerprint density at radius 1 is 0.246 bits per heavy atom. The molecule has 0 aliphatic heterocycles. The lowest BCUT2D eigenvalue weighted by atomic mass is 10.2. The van der Waals surface area contributed by atoms with Gasteiger partial charge in [0, 0.05) is 70.7 Å². The summed E-state index contributed by atoms with van der Waals surface area (Å²) in [6.45, 7) is 3.16. The zero-order valence-electron chi connectivity index (χ0n) is 33.3. The van der Waals surface area contributed by atoms with Crippen molar-refractivity contribution in [2.24, 2.45) is 30.0 Å². The van der Waals surface area contributed by atoms with Gasteiger partial charge in [-0.3, -0.25) is 30.0 Å². The Morgan fingerprint density at radius 2 is 0.377 bits per heavy atom. The number of para-hydroxylation sites is 6. The third-order valence-corrected chi connectivity index (χ3v) is 8.08. The van der Waals surface area contributed by atoms with Crippen LogP contribution in [0.4, 0.5) is 0 Å². The summed E-state index contributed by atoms with van der Waals surface area (Å²) >= 11 is 0. The summed E-state index contributed by atoms with van der Waals surface area (Å²) in [7, 11) is 0. The van der Waals surface area contributed by atoms with Crippen LogP contribution in [0, 0.1) is 0 Å². The van der Waals surface area contributed by atoms with Gasteiger partial charge in [0.2, 0.25) is 0 Å². The van der Waals surface area contributed by atoms with Crippen molar-refractivity contribution in [2.75, 3.05) is 39.3 Å². The predicted octanol–water partition coefficient (Wildman–Crippen LogP) is 4.91. The summed E-state index contributed by atoms with van der Waals surface area (Å²) in [4.78, 5) is 25.2. The predicted molar refractivity (Wildman–Crippen MR) is 243 cm³/mol. The Hall–Kier alpha value is -7.57. The molecule has 0 radical (unpaired) electrons. The maximum atomic E-state index is 9.54. The molecule has 0 aliphatic carbocycles. The molecule has 0 unspecified atom stereocenters. The quantitative estimate of drug-likeness (QED) is 0.0628. The van der Waals surface area contributed by atoms with Gasteiger partial charge in [-0.1, -0.05) is 72.8 Å². The number of aliphatic imine (C=N–C) groups is 6. The molecule has 6 aromatic rings. The second kappa shape index (κ2) is 28.0. The molecule has 0 saturated carbocycles. The summed E-state index contributed by atoms with van der Waals surface area (Å²) in [6, 6.07) is 42.2. The molecule has 0 amide bonds. The van der Waals surface area contributed by atoms with E-state index in [2.05, 4.69) is 30.0 Å². The Labute approximate surface area is 361 Å². The van der Waals surface area contributed by atoms with Gasteiger partial charge in [-0.25, -0.2) is 0 Å². The first-order valence-electron chi connectivity index (χ1n) is 19.0. The average Bonchev–Trinajstić information content (AvgIpc) is 3.26. The lowest BCUT2D eigenvalue weighted by molar-refractivity contribution is -0.0000178. The highest BCUT2D eigenvalue weighted by molar-refractivity contribution is 5.86. The van der Waals surface area contributed by atoms with Crippen molar-refractivity contribution in [1.29, 1.82) is 0 Å². The van der Waals surface area contributed by atoms with Crippen LogP contribution in [-0.2, 0) is 0 Å². The number of aromatic hydroxyl groups is 6. The van der Waals surface area contributed by atoms with Crippen LogP contribution in [-0.4, -0.2) is 107 Å². The van der Waals surface area contributed by atoms with Gasteiger partial charge in [0.05, 0.1) is 39.3 Å². The number of benzene rings is 6. The largest absolute Gasteiger partial charge is 1.00 e. The first kappa shape index (κ1) is 47.8. The fourth-order valence-electron chi connectivity index (χ4n) is 4.90. The van der Waals surface area contributed by atoms with Gasteiger partial charge in [0.25, 0.3) is 0 Å². The van der Waals surface area contributed by atoms with Gasteiger partial charge in [-0.05, 0) is 72.8 Å². The molecule has 0 bridgehead atoms. The minimum atomic E-state index is 0. The zero-order valence-corrected chi connectivity index (χ0v) is 34.1. The fraction of sp³-hybridized carbons (Fsp3) is 0.125. The Morgan fingerprint density at radius 3 is 0.508 bits per heavy atom. The van der Waals surface area contributed by atoms with Gasteiger partial charge in [0.1, 0.15) is 34.5 Å². The van der Waals surface area contributed by atoms with Crippen LogP contribution in [0.1, 0.15) is 33.4 Å². The molecule has 0 fully saturated rings. The molecule has 6 N–H and O–H groups in total. The molecule has 13 heteroatoms. The number of halogens is 1. The van der Waals surface area contributed by atoms with Crippen molar-refractivity contribution in [3.8, 4) is 34.5 Å². The van der Waals surface area contributed by atoms with Crippen LogP contribution in [0.3, 0.4) is 0 Å². The van der Waals surface area contributed by atoms with E-state index in [0.29, 0.717) is 72.6 Å². The van der Waals surface area contributed by atoms with E-state index in [0.717, 1.165) is 0 Å². The highest BCUT2D eigenvalue weighted by Crippen LogP contribution is 2.16. The van der Waals surface area contributed by atoms with Crippen molar-refractivity contribution < 1.29 is 43.0 Å². The van der Waals surface area contributed by atoms with E-state index in [1.165, 1.54) is 0 Å². The van der Waals surface area contributed by atoms with Gasteiger partial charge >= 0.3 is 0 Å². The molecule has 0 aromatic heterocycles. The number of phenolic OH excluding ortho intramolecular Hbond substituents is 6. The van der Waals surface area contributed by atoms with Gasteiger partial charge < -0.3 is 43.0 Å². The Bertz CT molecular complexity index is 1970. The van der Waals surface area contributed by atoms with Crippen LogP contribution in [0.5, 0.6) is 34.5 Å². The smallest absolute Gasteiger partial charge is 0.124 e. The highest BCUT2D eigenvalue weighted by atomic mass is 35.5. The summed E-state index contributed by atoms with van der Waals surface area (Å²) < 4.78 is 0. The molecular formula is C48H48ClN6O6-. The first-order chi connectivity index (χ1) is 29.3. The minimum Gasteiger partial charge on any atom is -1.00 e. The highest BCUT2D eigenvalue weighted by Gasteiger charge is 1.98. The van der Waals surface area contributed by atoms with Crippen molar-refractivity contribution in [3.05, 3.63) is 179 Å². The fourth-order valence-corrected chi connectivity index (χ4v) is 4.90. The lowest BCUT2D eigenvalue weighted by Gasteiger charge is -1.97. The van der Waals surface area contributed by atoms with Crippen molar-refractivity contribution in [3.63, 3.8) is 0 Å². The van der Waals surface area contributed by atoms with Crippen LogP contribution in [0.25, 0.3) is 0 Å². The topological polar surface area (TPSA) is 196 Å². The molecule has 0 aliphatic rings. The van der Waals surface area contributed by atoms with E-state index < -0.39 is 0 Å². The maximum absolute atomic E-state index is 9.54. The molecule has 0 spiro atoms. The SMILES string of the molecule is Oc1ccccc1C=NCCN=Cc1ccccc1O.Oc1ccccc1C=NCCN=Cc1ccccc1O.Oc1ccccc1C=NCCN=Cc1ccccc1O.[Cl-]. The Kier molecular flexibility index (Phi) is 21.9. The van der Waals surface area contributed by atoms with Crippen molar-refractivity contribution in [2.45, 2.75) is 0 Å². The van der Waals surface area contributed by atoms with E-state index in [9.17, 15) is 30.6 Å². The standard InChI is InChI=1S/3C16H16N2O2.ClH/c3*19-15-7-3-1-5-13(15)11-17-9-10-18-12-14-6-2-4-8-16(14)20;/h3*1-8,11-12,19-20H,9-10H2;1H/p-1. The summed E-state index contributed by atoms with van der Waals surface area (Å²) in [6.07, 6.45) is 9.78. The third-order valence-electron chi connectivity index (χ3n) is 8.08. The van der Waals surface area contributed by atoms with E-state index >= 15 is 0 Å². The number of rotatable bonds is 15. The summed E-state index contributed by atoms with van der Waals surface area (Å²) in [5, 5.41) is 57.3. The van der Waals surface area contributed by atoms with Crippen LogP contribution in [0.2, 0.25) is 0 Å². The Balaban J connectivity index is 0.000000242. The van der Waals surface area contributed by atoms with Crippen LogP contribution < -0.4 is 12.4 Å². The second-order valence-electron chi connectivity index (χ2n) is 12.6. The number of nitrogens with zero attached hydrogens (tertiary/aromatic N) is 6. The van der Waals surface area contributed by atoms with E-state index in [-0.39, 0.29) is 46.9 Å². The van der Waals surface area contributed by atoms with Gasteiger partial charge in [0.15, 0.2) is 0 Å². The third kappa shape index (κ3) is 18.3. The molecule has 0 atom stereocenters. The average molecular weight is 840 g/mol.